The first-order chi connectivity index (χ1) is 14.3. The molecule has 5 nitrogen and oxygen atoms in total. The Hall–Kier alpha value is -2.82. The zero-order valence-electron chi connectivity index (χ0n) is 18.8. The van der Waals surface area contributed by atoms with Crippen molar-refractivity contribution in [3.63, 3.8) is 0 Å². The topological polar surface area (TPSA) is 58.6 Å². The van der Waals surface area contributed by atoms with Gasteiger partial charge in [-0.3, -0.25) is 9.59 Å². The Bertz CT molecular complexity index is 863. The van der Waals surface area contributed by atoms with Crippen LogP contribution in [-0.4, -0.2) is 35.9 Å². The molecular weight excluding hydrogens is 376 g/mol. The number of rotatable bonds is 10. The van der Waals surface area contributed by atoms with Crippen LogP contribution >= 0.6 is 0 Å². The fraction of sp³-hybridized carbons (Fsp3) is 0.440. The highest BCUT2D eigenvalue weighted by molar-refractivity contribution is 5.88. The molecule has 162 valence electrons. The van der Waals surface area contributed by atoms with E-state index < -0.39 is 6.04 Å². The quantitative estimate of drug-likeness (QED) is 0.593. The van der Waals surface area contributed by atoms with Gasteiger partial charge in [0, 0.05) is 13.1 Å². The van der Waals surface area contributed by atoms with Crippen LogP contribution < -0.4 is 10.1 Å². The first kappa shape index (κ1) is 23.5. The summed E-state index contributed by atoms with van der Waals surface area (Å²) in [5, 5.41) is 2.93. The number of unbranched alkanes of at least 4 members (excludes halogenated alkanes) is 1. The minimum absolute atomic E-state index is 0.110. The monoisotopic (exact) mass is 410 g/mol. The van der Waals surface area contributed by atoms with Gasteiger partial charge < -0.3 is 15.0 Å². The molecule has 2 rings (SSSR count). The van der Waals surface area contributed by atoms with Gasteiger partial charge in [-0.2, -0.15) is 0 Å². The zero-order chi connectivity index (χ0) is 22.1. The first-order valence-electron chi connectivity index (χ1n) is 10.6. The number of aryl methyl sites for hydroxylation is 3. The van der Waals surface area contributed by atoms with E-state index in [0.29, 0.717) is 18.8 Å². The number of hydrogen-bond donors (Lipinski definition) is 1. The van der Waals surface area contributed by atoms with Gasteiger partial charge in [0.2, 0.25) is 5.91 Å². The molecule has 0 saturated carbocycles. The maximum atomic E-state index is 13.1. The van der Waals surface area contributed by atoms with E-state index in [1.165, 1.54) is 5.56 Å². The van der Waals surface area contributed by atoms with Crippen molar-refractivity contribution in [2.45, 2.75) is 60.0 Å². The second-order valence-corrected chi connectivity index (χ2v) is 7.80. The smallest absolute Gasteiger partial charge is 0.261 e. The molecule has 2 aromatic rings. The third-order valence-corrected chi connectivity index (χ3v) is 5.44. The Morgan fingerprint density at radius 3 is 2.43 bits per heavy atom. The molecule has 0 aliphatic carbocycles. The van der Waals surface area contributed by atoms with Crippen LogP contribution in [0.15, 0.2) is 42.5 Å². The minimum atomic E-state index is -0.586. The number of carbonyl (C=O) groups excluding carboxylic acids is 2. The van der Waals surface area contributed by atoms with Crippen LogP contribution in [0.2, 0.25) is 0 Å². The lowest BCUT2D eigenvalue weighted by atomic mass is 10.1. The fourth-order valence-corrected chi connectivity index (χ4v) is 3.12. The summed E-state index contributed by atoms with van der Waals surface area (Å²) in [5.41, 5.74) is 4.39. The molecule has 1 atom stereocenters. The van der Waals surface area contributed by atoms with Crippen LogP contribution in [0.1, 0.15) is 48.9 Å². The highest BCUT2D eigenvalue weighted by Crippen LogP contribution is 2.18. The van der Waals surface area contributed by atoms with E-state index in [-0.39, 0.29) is 18.4 Å². The van der Waals surface area contributed by atoms with Crippen molar-refractivity contribution < 1.29 is 14.3 Å². The van der Waals surface area contributed by atoms with E-state index in [0.717, 1.165) is 29.5 Å². The molecule has 2 amide bonds. The maximum Gasteiger partial charge on any atom is 0.261 e. The Balaban J connectivity index is 2.14. The third-order valence-electron chi connectivity index (χ3n) is 5.44. The van der Waals surface area contributed by atoms with Gasteiger partial charge in [0.25, 0.3) is 5.91 Å². The number of ether oxygens (including phenoxy) is 1. The highest BCUT2D eigenvalue weighted by atomic mass is 16.5. The van der Waals surface area contributed by atoms with Gasteiger partial charge in [-0.1, -0.05) is 43.7 Å². The molecule has 0 radical (unpaired) electrons. The van der Waals surface area contributed by atoms with E-state index in [1.54, 1.807) is 11.8 Å². The number of carbonyl (C=O) groups is 2. The number of amides is 2. The summed E-state index contributed by atoms with van der Waals surface area (Å²) in [7, 11) is 0. The van der Waals surface area contributed by atoms with Crippen molar-refractivity contribution in [3.05, 3.63) is 64.7 Å². The molecule has 0 spiro atoms. The van der Waals surface area contributed by atoms with Gasteiger partial charge >= 0.3 is 0 Å². The van der Waals surface area contributed by atoms with E-state index in [2.05, 4.69) is 12.2 Å². The van der Waals surface area contributed by atoms with Crippen molar-refractivity contribution in [2.24, 2.45) is 0 Å². The lowest BCUT2D eigenvalue weighted by Gasteiger charge is -2.29. The minimum Gasteiger partial charge on any atom is -0.484 e. The second-order valence-electron chi connectivity index (χ2n) is 7.80. The highest BCUT2D eigenvalue weighted by Gasteiger charge is 2.26. The SMILES string of the molecule is CCCCNC(=O)[C@H](C)N(Cc1ccccc1C)C(=O)COc1ccc(C)c(C)c1. The Morgan fingerprint density at radius 1 is 1.03 bits per heavy atom. The summed E-state index contributed by atoms with van der Waals surface area (Å²) in [4.78, 5) is 27.3. The fourth-order valence-electron chi connectivity index (χ4n) is 3.12. The summed E-state index contributed by atoms with van der Waals surface area (Å²) in [5.74, 6) is 0.300. The summed E-state index contributed by atoms with van der Waals surface area (Å²) >= 11 is 0. The van der Waals surface area contributed by atoms with Crippen LogP contribution in [-0.2, 0) is 16.1 Å². The van der Waals surface area contributed by atoms with E-state index in [4.69, 9.17) is 4.74 Å². The van der Waals surface area contributed by atoms with Crippen molar-refractivity contribution in [2.75, 3.05) is 13.2 Å². The second kappa shape index (κ2) is 11.4. The molecule has 30 heavy (non-hydrogen) atoms. The Morgan fingerprint density at radius 2 is 1.77 bits per heavy atom. The largest absolute Gasteiger partial charge is 0.484 e. The number of nitrogens with zero attached hydrogens (tertiary/aromatic N) is 1. The van der Waals surface area contributed by atoms with Crippen LogP contribution in [0.3, 0.4) is 0 Å². The van der Waals surface area contributed by atoms with Crippen molar-refractivity contribution in [3.8, 4) is 5.75 Å². The van der Waals surface area contributed by atoms with E-state index >= 15 is 0 Å². The van der Waals surface area contributed by atoms with Gasteiger partial charge in [-0.25, -0.2) is 0 Å². The summed E-state index contributed by atoms with van der Waals surface area (Å²) in [6.07, 6.45) is 1.92. The molecule has 1 N–H and O–H groups in total. The van der Waals surface area contributed by atoms with Gasteiger partial charge in [-0.05, 0) is 68.5 Å². The average molecular weight is 411 g/mol. The number of hydrogen-bond acceptors (Lipinski definition) is 3. The van der Waals surface area contributed by atoms with Crippen LogP contribution in [0, 0.1) is 20.8 Å². The first-order valence-corrected chi connectivity index (χ1v) is 10.6. The number of benzene rings is 2. The molecule has 5 heteroatoms. The van der Waals surface area contributed by atoms with E-state index in [9.17, 15) is 9.59 Å². The molecule has 0 aromatic heterocycles. The molecule has 0 heterocycles. The van der Waals surface area contributed by atoms with Crippen LogP contribution in [0.5, 0.6) is 5.75 Å². The zero-order valence-corrected chi connectivity index (χ0v) is 18.8. The van der Waals surface area contributed by atoms with Crippen molar-refractivity contribution in [1.29, 1.82) is 0 Å². The molecule has 0 unspecified atom stereocenters. The third kappa shape index (κ3) is 6.61. The van der Waals surface area contributed by atoms with Gasteiger partial charge in [0.15, 0.2) is 6.61 Å². The maximum absolute atomic E-state index is 13.1. The Labute approximate surface area is 180 Å². The number of nitrogens with one attached hydrogen (secondary N) is 1. The lowest BCUT2D eigenvalue weighted by molar-refractivity contribution is -0.142. The van der Waals surface area contributed by atoms with Crippen LogP contribution in [0.25, 0.3) is 0 Å². The van der Waals surface area contributed by atoms with Gasteiger partial charge in [0.1, 0.15) is 11.8 Å². The molecule has 0 saturated heterocycles. The predicted molar refractivity (Wildman–Crippen MR) is 121 cm³/mol. The summed E-state index contributed by atoms with van der Waals surface area (Å²) in [6, 6.07) is 13.1. The molecular formula is C25H34N2O3. The van der Waals surface area contributed by atoms with Crippen molar-refractivity contribution in [1.82, 2.24) is 10.2 Å². The molecule has 2 aromatic carbocycles. The average Bonchev–Trinajstić information content (AvgIpc) is 2.73. The summed E-state index contributed by atoms with van der Waals surface area (Å²) < 4.78 is 5.76. The predicted octanol–water partition coefficient (Wildman–Crippen LogP) is 4.32. The lowest BCUT2D eigenvalue weighted by Crippen LogP contribution is -2.49. The van der Waals surface area contributed by atoms with Gasteiger partial charge in [0.05, 0.1) is 0 Å². The van der Waals surface area contributed by atoms with Gasteiger partial charge in [-0.15, -0.1) is 0 Å². The molecule has 0 bridgehead atoms. The molecule has 0 fully saturated rings. The molecule has 0 aliphatic rings. The summed E-state index contributed by atoms with van der Waals surface area (Å²) in [6.45, 7) is 10.8. The van der Waals surface area contributed by atoms with Crippen molar-refractivity contribution >= 4 is 11.8 Å². The van der Waals surface area contributed by atoms with E-state index in [1.807, 2.05) is 63.2 Å². The van der Waals surface area contributed by atoms with Crippen LogP contribution in [0.4, 0.5) is 0 Å². The standard InChI is InChI=1S/C25H34N2O3/c1-6-7-14-26-25(29)21(5)27(16-22-11-9-8-10-19(22)3)24(28)17-30-23-13-12-18(2)20(4)15-23/h8-13,15,21H,6-7,14,16-17H2,1-5H3,(H,26,29)/t21-/m0/s1. The Kier molecular flexibility index (Phi) is 8.90. The molecule has 0 aliphatic heterocycles. The normalized spacial score (nSPS) is 11.6.